The molecule has 0 spiro atoms. The highest BCUT2D eigenvalue weighted by molar-refractivity contribution is 9.10. The molecule has 0 aliphatic heterocycles. The van der Waals surface area contributed by atoms with Gasteiger partial charge in [-0.3, -0.25) is 4.68 Å². The maximum atomic E-state index is 13.6. The third kappa shape index (κ3) is 2.33. The number of nitrogens with zero attached hydrogens (tertiary/aromatic N) is 4. The number of aromatic nitrogens is 5. The predicted molar refractivity (Wildman–Crippen MR) is 99.0 cm³/mol. The van der Waals surface area contributed by atoms with Gasteiger partial charge in [0, 0.05) is 27.9 Å². The van der Waals surface area contributed by atoms with Crippen LogP contribution < -0.4 is 0 Å². The Kier molecular flexibility index (Phi) is 3.23. The molecule has 0 amide bonds. The molecule has 26 heavy (non-hydrogen) atoms. The Morgan fingerprint density at radius 2 is 2.08 bits per heavy atom. The Hall–Kier alpha value is -3.00. The average molecular weight is 412 g/mol. The first-order chi connectivity index (χ1) is 12.6. The average Bonchev–Trinajstić information content (AvgIpc) is 3.33. The third-order valence-corrected chi connectivity index (χ3v) is 4.97. The van der Waals surface area contributed by atoms with Crippen LogP contribution in [0.2, 0.25) is 0 Å². The minimum Gasteiger partial charge on any atom is -0.350 e. The van der Waals surface area contributed by atoms with E-state index in [4.69, 9.17) is 4.52 Å². The monoisotopic (exact) mass is 411 g/mol. The Morgan fingerprint density at radius 3 is 2.96 bits per heavy atom. The van der Waals surface area contributed by atoms with Crippen molar-refractivity contribution in [3.63, 3.8) is 0 Å². The zero-order valence-corrected chi connectivity index (χ0v) is 15.1. The minimum atomic E-state index is -0.325. The SMILES string of the molecule is Cn1ncc2ccc(-c3noc(-c4cc5c(Br)cc(F)cc5[nH]4)n3)cc21. The van der Waals surface area contributed by atoms with E-state index < -0.39 is 0 Å². The number of aryl methyl sites for hydroxylation is 1. The summed E-state index contributed by atoms with van der Waals surface area (Å²) in [5.41, 5.74) is 3.10. The molecule has 0 aliphatic carbocycles. The van der Waals surface area contributed by atoms with Crippen LogP contribution in [0.3, 0.4) is 0 Å². The molecule has 5 aromatic rings. The van der Waals surface area contributed by atoms with E-state index in [1.807, 2.05) is 37.5 Å². The third-order valence-electron chi connectivity index (χ3n) is 4.32. The quantitative estimate of drug-likeness (QED) is 0.457. The molecule has 0 aliphatic rings. The highest BCUT2D eigenvalue weighted by atomic mass is 79.9. The highest BCUT2D eigenvalue weighted by Gasteiger charge is 2.15. The summed E-state index contributed by atoms with van der Waals surface area (Å²) in [5, 5.41) is 10.2. The molecule has 6 nitrogen and oxygen atoms in total. The number of fused-ring (bicyclic) bond motifs is 2. The van der Waals surface area contributed by atoms with Crippen LogP contribution in [0.1, 0.15) is 0 Å². The van der Waals surface area contributed by atoms with Crippen LogP contribution in [-0.4, -0.2) is 24.9 Å². The summed E-state index contributed by atoms with van der Waals surface area (Å²) in [6.45, 7) is 0. The first-order valence-electron chi connectivity index (χ1n) is 7.82. The van der Waals surface area contributed by atoms with Gasteiger partial charge in [0.15, 0.2) is 0 Å². The molecule has 2 aromatic carbocycles. The first-order valence-corrected chi connectivity index (χ1v) is 8.62. The van der Waals surface area contributed by atoms with Gasteiger partial charge in [-0.05, 0) is 40.2 Å². The van der Waals surface area contributed by atoms with Crippen molar-refractivity contribution in [3.05, 3.63) is 52.9 Å². The zero-order valence-electron chi connectivity index (χ0n) is 13.5. The van der Waals surface area contributed by atoms with E-state index in [2.05, 4.69) is 36.2 Å². The maximum absolute atomic E-state index is 13.6. The lowest BCUT2D eigenvalue weighted by atomic mass is 10.1. The number of hydrogen-bond donors (Lipinski definition) is 1. The molecular formula is C18H11BrFN5O. The van der Waals surface area contributed by atoms with Gasteiger partial charge in [-0.2, -0.15) is 10.1 Å². The van der Waals surface area contributed by atoms with E-state index >= 15 is 0 Å². The first kappa shape index (κ1) is 15.3. The normalized spacial score (nSPS) is 11.7. The number of hydrogen-bond acceptors (Lipinski definition) is 4. The largest absolute Gasteiger partial charge is 0.350 e. The maximum Gasteiger partial charge on any atom is 0.274 e. The molecular weight excluding hydrogens is 401 g/mol. The fourth-order valence-electron chi connectivity index (χ4n) is 3.01. The number of halogens is 2. The summed E-state index contributed by atoms with van der Waals surface area (Å²) >= 11 is 3.37. The second-order valence-electron chi connectivity index (χ2n) is 6.00. The van der Waals surface area contributed by atoms with Crippen molar-refractivity contribution in [2.24, 2.45) is 7.05 Å². The second kappa shape index (κ2) is 5.50. The molecule has 3 heterocycles. The van der Waals surface area contributed by atoms with Crippen molar-refractivity contribution >= 4 is 37.7 Å². The van der Waals surface area contributed by atoms with E-state index in [9.17, 15) is 4.39 Å². The van der Waals surface area contributed by atoms with Crippen LogP contribution >= 0.6 is 15.9 Å². The summed E-state index contributed by atoms with van der Waals surface area (Å²) in [7, 11) is 1.88. The van der Waals surface area contributed by atoms with E-state index in [1.165, 1.54) is 12.1 Å². The molecule has 0 atom stereocenters. The lowest BCUT2D eigenvalue weighted by Crippen LogP contribution is -1.89. The molecule has 1 N–H and O–H groups in total. The van der Waals surface area contributed by atoms with E-state index in [-0.39, 0.29) is 5.82 Å². The zero-order chi connectivity index (χ0) is 17.8. The van der Waals surface area contributed by atoms with Crippen molar-refractivity contribution in [1.29, 1.82) is 0 Å². The summed E-state index contributed by atoms with van der Waals surface area (Å²) < 4.78 is 21.4. The van der Waals surface area contributed by atoms with Gasteiger partial charge in [0.2, 0.25) is 5.82 Å². The summed E-state index contributed by atoms with van der Waals surface area (Å²) in [5.74, 6) is 0.495. The van der Waals surface area contributed by atoms with Crippen LogP contribution in [0, 0.1) is 5.82 Å². The molecule has 0 fully saturated rings. The fraction of sp³-hybridized carbons (Fsp3) is 0.0556. The Labute approximate surface area is 154 Å². The molecule has 0 saturated heterocycles. The predicted octanol–water partition coefficient (Wildman–Crippen LogP) is 4.67. The number of rotatable bonds is 2. The summed E-state index contributed by atoms with van der Waals surface area (Å²) in [4.78, 5) is 7.58. The van der Waals surface area contributed by atoms with E-state index in [0.29, 0.717) is 27.4 Å². The van der Waals surface area contributed by atoms with Crippen LogP contribution in [-0.2, 0) is 7.05 Å². The van der Waals surface area contributed by atoms with E-state index in [1.54, 1.807) is 4.68 Å². The Morgan fingerprint density at radius 1 is 1.19 bits per heavy atom. The molecule has 3 aromatic heterocycles. The number of aromatic amines is 1. The topological polar surface area (TPSA) is 72.5 Å². The molecule has 128 valence electrons. The van der Waals surface area contributed by atoms with Crippen molar-refractivity contribution < 1.29 is 8.91 Å². The van der Waals surface area contributed by atoms with Gasteiger partial charge in [-0.15, -0.1) is 0 Å². The van der Waals surface area contributed by atoms with E-state index in [0.717, 1.165) is 21.9 Å². The Bertz CT molecular complexity index is 1290. The molecule has 8 heteroatoms. The molecule has 5 rings (SSSR count). The molecule has 0 radical (unpaired) electrons. The van der Waals surface area contributed by atoms with Gasteiger partial charge < -0.3 is 9.51 Å². The van der Waals surface area contributed by atoms with Gasteiger partial charge in [0.25, 0.3) is 5.89 Å². The lowest BCUT2D eigenvalue weighted by molar-refractivity contribution is 0.431. The summed E-state index contributed by atoms with van der Waals surface area (Å²) in [6, 6.07) is 10.6. The Balaban J connectivity index is 1.59. The van der Waals surface area contributed by atoms with Crippen molar-refractivity contribution in [3.8, 4) is 23.0 Å². The summed E-state index contributed by atoms with van der Waals surface area (Å²) in [6.07, 6.45) is 1.81. The van der Waals surface area contributed by atoms with Crippen LogP contribution in [0.25, 0.3) is 44.8 Å². The number of H-pyrrole nitrogens is 1. The minimum absolute atomic E-state index is 0.325. The molecule has 0 saturated carbocycles. The molecule has 0 bridgehead atoms. The van der Waals surface area contributed by atoms with Gasteiger partial charge in [0.05, 0.1) is 17.2 Å². The van der Waals surface area contributed by atoms with Crippen molar-refractivity contribution in [1.82, 2.24) is 24.9 Å². The second-order valence-corrected chi connectivity index (χ2v) is 6.85. The van der Waals surface area contributed by atoms with Crippen molar-refractivity contribution in [2.75, 3.05) is 0 Å². The van der Waals surface area contributed by atoms with Gasteiger partial charge in [-0.1, -0.05) is 17.3 Å². The van der Waals surface area contributed by atoms with Crippen LogP contribution in [0.5, 0.6) is 0 Å². The van der Waals surface area contributed by atoms with Gasteiger partial charge in [0.1, 0.15) is 11.5 Å². The highest BCUT2D eigenvalue weighted by Crippen LogP contribution is 2.31. The van der Waals surface area contributed by atoms with Crippen LogP contribution in [0.4, 0.5) is 4.39 Å². The fourth-order valence-corrected chi connectivity index (χ4v) is 3.56. The van der Waals surface area contributed by atoms with Gasteiger partial charge in [-0.25, -0.2) is 4.39 Å². The number of nitrogens with one attached hydrogen (secondary N) is 1. The number of benzene rings is 2. The van der Waals surface area contributed by atoms with Crippen molar-refractivity contribution in [2.45, 2.75) is 0 Å². The smallest absolute Gasteiger partial charge is 0.274 e. The molecule has 0 unspecified atom stereocenters. The lowest BCUT2D eigenvalue weighted by Gasteiger charge is -1.97. The van der Waals surface area contributed by atoms with Gasteiger partial charge >= 0.3 is 0 Å². The standard InChI is InChI=1S/C18H11BrFN5O/c1-25-16-4-9(2-3-10(16)8-21-25)17-23-18(26-24-17)15-7-12-13(19)5-11(20)6-14(12)22-15/h2-8,22H,1H3. The van der Waals surface area contributed by atoms with Crippen LogP contribution in [0.15, 0.2) is 51.6 Å².